The molecule has 1 aliphatic heterocycles. The van der Waals surface area contributed by atoms with Crippen molar-refractivity contribution in [2.45, 2.75) is 31.7 Å². The van der Waals surface area contributed by atoms with E-state index in [4.69, 9.17) is 0 Å². The molecule has 0 radical (unpaired) electrons. The Hall–Kier alpha value is -1.31. The molecule has 0 saturated carbocycles. The van der Waals surface area contributed by atoms with Gasteiger partial charge in [0.2, 0.25) is 0 Å². The van der Waals surface area contributed by atoms with Gasteiger partial charge in [0, 0.05) is 49.1 Å². The van der Waals surface area contributed by atoms with Crippen LogP contribution in [-0.4, -0.2) is 57.3 Å². The quantitative estimate of drug-likeness (QED) is 0.885. The van der Waals surface area contributed by atoms with Crippen LogP contribution in [0.25, 0.3) is 0 Å². The summed E-state index contributed by atoms with van der Waals surface area (Å²) >= 11 is 1.63. The molecule has 1 aliphatic rings. The minimum Gasteiger partial charge on any atom is -0.299 e. The molecule has 114 valence electrons. The van der Waals surface area contributed by atoms with E-state index in [1.165, 1.54) is 0 Å². The maximum atomic E-state index is 13.8. The second-order valence-electron chi connectivity index (χ2n) is 5.62. The van der Waals surface area contributed by atoms with E-state index in [2.05, 4.69) is 32.0 Å². The van der Waals surface area contributed by atoms with E-state index in [9.17, 15) is 4.39 Å². The largest absolute Gasteiger partial charge is 0.299 e. The third-order valence-corrected chi connectivity index (χ3v) is 4.58. The number of halogens is 1. The number of alkyl halides is 1. The topological polar surface area (TPSA) is 48.1 Å². The monoisotopic (exact) mass is 309 g/mol. The molecule has 5 nitrogen and oxygen atoms in total. The Bertz CT molecular complexity index is 530. The van der Waals surface area contributed by atoms with Crippen LogP contribution in [0.4, 0.5) is 4.39 Å². The van der Waals surface area contributed by atoms with Gasteiger partial charge in [0.1, 0.15) is 11.2 Å². The van der Waals surface area contributed by atoms with Crippen LogP contribution >= 0.6 is 11.3 Å². The number of nitrogens with zero attached hydrogens (tertiary/aromatic N) is 4. The molecule has 7 heteroatoms. The highest BCUT2D eigenvalue weighted by Gasteiger charge is 2.33. The van der Waals surface area contributed by atoms with Gasteiger partial charge in [0.15, 0.2) is 0 Å². The summed E-state index contributed by atoms with van der Waals surface area (Å²) in [4.78, 5) is 8.74. The summed E-state index contributed by atoms with van der Waals surface area (Å²) in [5, 5.41) is 9.95. The second-order valence-corrected chi connectivity index (χ2v) is 6.60. The fourth-order valence-corrected chi connectivity index (χ4v) is 3.54. The zero-order valence-electron chi connectivity index (χ0n) is 12.1. The van der Waals surface area contributed by atoms with Gasteiger partial charge in [-0.2, -0.15) is 5.10 Å². The Balaban J connectivity index is 1.57. The summed E-state index contributed by atoms with van der Waals surface area (Å²) in [6.07, 6.45) is 3.45. The Labute approximate surface area is 127 Å². The van der Waals surface area contributed by atoms with E-state index < -0.39 is 6.17 Å². The van der Waals surface area contributed by atoms with Crippen LogP contribution < -0.4 is 0 Å². The van der Waals surface area contributed by atoms with Gasteiger partial charge in [-0.25, -0.2) is 9.37 Å². The van der Waals surface area contributed by atoms with Crippen molar-refractivity contribution >= 4 is 11.3 Å². The Morgan fingerprint density at radius 1 is 1.52 bits per heavy atom. The van der Waals surface area contributed by atoms with Crippen LogP contribution in [-0.2, 0) is 13.1 Å². The molecule has 1 saturated heterocycles. The van der Waals surface area contributed by atoms with Gasteiger partial charge in [-0.1, -0.05) is 0 Å². The maximum Gasteiger partial charge on any atom is 0.114 e. The summed E-state index contributed by atoms with van der Waals surface area (Å²) in [6.45, 7) is 2.92. The SMILES string of the molecule is CN(Cc1ccn[nH]1)C[C@@H]1C[C@H](F)CN1Cc1nccs1. The number of thiazole rings is 1. The van der Waals surface area contributed by atoms with Crippen LogP contribution in [0.1, 0.15) is 17.1 Å². The van der Waals surface area contributed by atoms with Crippen LogP contribution in [0.5, 0.6) is 0 Å². The first-order valence-corrected chi connectivity index (χ1v) is 8.02. The van der Waals surface area contributed by atoms with Crippen molar-refractivity contribution in [3.05, 3.63) is 34.5 Å². The van der Waals surface area contributed by atoms with E-state index in [0.29, 0.717) is 13.0 Å². The van der Waals surface area contributed by atoms with E-state index in [1.54, 1.807) is 17.5 Å². The van der Waals surface area contributed by atoms with Gasteiger partial charge in [-0.3, -0.25) is 14.9 Å². The van der Waals surface area contributed by atoms with Gasteiger partial charge in [-0.15, -0.1) is 11.3 Å². The van der Waals surface area contributed by atoms with Crippen LogP contribution in [0.3, 0.4) is 0 Å². The zero-order valence-corrected chi connectivity index (χ0v) is 12.9. The average Bonchev–Trinajstić information content (AvgIpc) is 3.14. The summed E-state index contributed by atoms with van der Waals surface area (Å²) in [7, 11) is 2.06. The average molecular weight is 309 g/mol. The zero-order chi connectivity index (χ0) is 14.7. The third kappa shape index (κ3) is 3.87. The van der Waals surface area contributed by atoms with E-state index >= 15 is 0 Å². The van der Waals surface area contributed by atoms with Crippen molar-refractivity contribution in [2.75, 3.05) is 20.1 Å². The van der Waals surface area contributed by atoms with Crippen molar-refractivity contribution in [1.82, 2.24) is 25.0 Å². The highest BCUT2D eigenvalue weighted by atomic mass is 32.1. The van der Waals surface area contributed by atoms with Crippen LogP contribution in [0.15, 0.2) is 23.8 Å². The fourth-order valence-electron chi connectivity index (χ4n) is 2.90. The van der Waals surface area contributed by atoms with Gasteiger partial charge in [-0.05, 0) is 19.5 Å². The summed E-state index contributed by atoms with van der Waals surface area (Å²) < 4.78 is 13.8. The lowest BCUT2D eigenvalue weighted by Gasteiger charge is -2.27. The lowest BCUT2D eigenvalue weighted by molar-refractivity contribution is 0.179. The first kappa shape index (κ1) is 14.6. The number of hydrogen-bond donors (Lipinski definition) is 1. The number of aromatic nitrogens is 3. The fraction of sp³-hybridized carbons (Fsp3) is 0.571. The molecular formula is C14H20FN5S. The number of hydrogen-bond acceptors (Lipinski definition) is 5. The third-order valence-electron chi connectivity index (χ3n) is 3.82. The molecule has 3 rings (SSSR count). The molecule has 21 heavy (non-hydrogen) atoms. The van der Waals surface area contributed by atoms with Crippen molar-refractivity contribution in [2.24, 2.45) is 0 Å². The first-order chi connectivity index (χ1) is 10.2. The molecule has 1 N–H and O–H groups in total. The van der Waals surface area contributed by atoms with Crippen molar-refractivity contribution in [3.8, 4) is 0 Å². The van der Waals surface area contributed by atoms with Gasteiger partial charge < -0.3 is 0 Å². The first-order valence-electron chi connectivity index (χ1n) is 7.14. The molecule has 2 aromatic rings. The Morgan fingerprint density at radius 3 is 3.14 bits per heavy atom. The van der Waals surface area contributed by atoms with Crippen molar-refractivity contribution in [3.63, 3.8) is 0 Å². The minimum absolute atomic E-state index is 0.247. The Kier molecular flexibility index (Phi) is 4.62. The summed E-state index contributed by atoms with van der Waals surface area (Å²) in [6, 6.07) is 2.22. The molecule has 0 aromatic carbocycles. The normalized spacial score (nSPS) is 23.2. The lowest BCUT2D eigenvalue weighted by Crippen LogP contribution is -2.38. The molecule has 0 amide bonds. The smallest absolute Gasteiger partial charge is 0.114 e. The molecule has 0 spiro atoms. The lowest BCUT2D eigenvalue weighted by atomic mass is 10.2. The van der Waals surface area contributed by atoms with Gasteiger partial charge in [0.05, 0.1) is 6.54 Å². The molecular weight excluding hydrogens is 289 g/mol. The molecule has 1 fully saturated rings. The van der Waals surface area contributed by atoms with E-state index in [0.717, 1.165) is 30.3 Å². The number of likely N-dealkylation sites (N-methyl/N-ethyl adjacent to an activating group) is 1. The second kappa shape index (κ2) is 6.64. The molecule has 0 unspecified atom stereocenters. The molecule has 2 atom stereocenters. The molecule has 3 heterocycles. The maximum absolute atomic E-state index is 13.8. The minimum atomic E-state index is -0.726. The standard InChI is InChI=1S/C14H20FN5S/c1-19(8-12-2-3-17-18-12)9-13-6-11(15)7-20(13)10-14-16-4-5-21-14/h2-5,11,13H,6-10H2,1H3,(H,17,18)/t11-,13-/m0/s1. The molecule has 0 aliphatic carbocycles. The highest BCUT2D eigenvalue weighted by molar-refractivity contribution is 7.09. The predicted molar refractivity (Wildman–Crippen MR) is 80.7 cm³/mol. The summed E-state index contributed by atoms with van der Waals surface area (Å²) in [5.41, 5.74) is 1.08. The van der Waals surface area contributed by atoms with Crippen molar-refractivity contribution < 1.29 is 4.39 Å². The number of nitrogens with one attached hydrogen (secondary N) is 1. The van der Waals surface area contributed by atoms with E-state index in [-0.39, 0.29) is 6.04 Å². The number of aromatic amines is 1. The van der Waals surface area contributed by atoms with E-state index in [1.807, 2.05) is 17.6 Å². The highest BCUT2D eigenvalue weighted by Crippen LogP contribution is 2.24. The van der Waals surface area contributed by atoms with Crippen LogP contribution in [0, 0.1) is 0 Å². The molecule has 0 bridgehead atoms. The van der Waals surface area contributed by atoms with Gasteiger partial charge in [0.25, 0.3) is 0 Å². The Morgan fingerprint density at radius 2 is 2.43 bits per heavy atom. The number of rotatable bonds is 6. The van der Waals surface area contributed by atoms with Gasteiger partial charge >= 0.3 is 0 Å². The predicted octanol–water partition coefficient (Wildman–Crippen LogP) is 1.91. The molecule has 2 aromatic heterocycles. The van der Waals surface area contributed by atoms with Crippen LogP contribution in [0.2, 0.25) is 0 Å². The number of likely N-dealkylation sites (tertiary alicyclic amines) is 1. The number of H-pyrrole nitrogens is 1. The summed E-state index contributed by atoms with van der Waals surface area (Å²) in [5.74, 6) is 0. The van der Waals surface area contributed by atoms with Crippen molar-refractivity contribution in [1.29, 1.82) is 0 Å².